The fourth-order valence-electron chi connectivity index (χ4n) is 3.25. The van der Waals surface area contributed by atoms with Crippen LogP contribution >= 0.6 is 15.9 Å². The van der Waals surface area contributed by atoms with Crippen molar-refractivity contribution in [2.75, 3.05) is 12.4 Å². The van der Waals surface area contributed by atoms with E-state index in [4.69, 9.17) is 10.5 Å². The number of hydrogen-bond acceptors (Lipinski definition) is 6. The van der Waals surface area contributed by atoms with Gasteiger partial charge in [0.15, 0.2) is 5.82 Å². The first-order valence-corrected chi connectivity index (χ1v) is 9.17. The number of nitriles is 1. The molecule has 2 aromatic rings. The number of halogens is 1. The molecule has 0 saturated heterocycles. The number of rotatable bonds is 5. The van der Waals surface area contributed by atoms with Crippen molar-refractivity contribution in [3.8, 4) is 6.07 Å². The Morgan fingerprint density at radius 3 is 2.81 bits per heavy atom. The summed E-state index contributed by atoms with van der Waals surface area (Å²) >= 11 is 3.33. The molecule has 1 heterocycles. The summed E-state index contributed by atoms with van der Waals surface area (Å²) in [5, 5.41) is 16.8. The highest BCUT2D eigenvalue weighted by Crippen LogP contribution is 2.36. The summed E-state index contributed by atoms with van der Waals surface area (Å²) in [5.41, 5.74) is 6.73. The number of nitrogens with two attached hydrogens (primary N) is 1. The van der Waals surface area contributed by atoms with E-state index in [1.807, 2.05) is 0 Å². The van der Waals surface area contributed by atoms with Crippen molar-refractivity contribution in [2.24, 2.45) is 11.7 Å². The number of carbonyl (C=O) groups excluding carboxylic acids is 2. The van der Waals surface area contributed by atoms with E-state index >= 15 is 0 Å². The zero-order valence-electron chi connectivity index (χ0n) is 14.6. The molecule has 3 N–H and O–H groups in total. The Bertz CT molecular complexity index is 934. The molecule has 1 aromatic carbocycles. The van der Waals surface area contributed by atoms with Crippen LogP contribution in [0.15, 0.2) is 28.9 Å². The molecule has 9 heteroatoms. The summed E-state index contributed by atoms with van der Waals surface area (Å²) in [5.74, 6) is -0.893. The van der Waals surface area contributed by atoms with Crippen molar-refractivity contribution < 1.29 is 14.3 Å². The summed E-state index contributed by atoms with van der Waals surface area (Å²) in [4.78, 5) is 23.5. The quantitative estimate of drug-likeness (QED) is 0.700. The molecule has 2 atom stereocenters. The Hall–Kier alpha value is -2.86. The van der Waals surface area contributed by atoms with Gasteiger partial charge in [0, 0.05) is 16.4 Å². The van der Waals surface area contributed by atoms with Gasteiger partial charge in [0.25, 0.3) is 5.91 Å². The molecule has 1 fully saturated rings. The van der Waals surface area contributed by atoms with Crippen LogP contribution in [0.3, 0.4) is 0 Å². The van der Waals surface area contributed by atoms with Crippen LogP contribution in [0.25, 0.3) is 0 Å². The molecular weight excluding hydrogens is 414 g/mol. The van der Waals surface area contributed by atoms with E-state index in [0.29, 0.717) is 21.5 Å². The maximum absolute atomic E-state index is 11.8. The van der Waals surface area contributed by atoms with Crippen molar-refractivity contribution in [2.45, 2.75) is 25.3 Å². The second-order valence-electron chi connectivity index (χ2n) is 6.28. The SMILES string of the molecule is COC(=O)c1ccc(Nc2nn([C@@H]3CCC[C@H]3C#N)cc2C(N)=O)cc1Br. The van der Waals surface area contributed by atoms with Gasteiger partial charge in [-0.1, -0.05) is 0 Å². The summed E-state index contributed by atoms with van der Waals surface area (Å²) in [6.45, 7) is 0. The molecule has 1 aliphatic rings. The van der Waals surface area contributed by atoms with Crippen LogP contribution < -0.4 is 11.1 Å². The molecule has 1 aliphatic carbocycles. The number of hydrogen-bond donors (Lipinski definition) is 2. The van der Waals surface area contributed by atoms with Crippen molar-refractivity contribution >= 4 is 39.3 Å². The fourth-order valence-corrected chi connectivity index (χ4v) is 3.79. The van der Waals surface area contributed by atoms with Gasteiger partial charge in [-0.25, -0.2) is 4.79 Å². The predicted molar refractivity (Wildman–Crippen MR) is 102 cm³/mol. The summed E-state index contributed by atoms with van der Waals surface area (Å²) in [7, 11) is 1.31. The number of ether oxygens (including phenoxy) is 1. The zero-order valence-corrected chi connectivity index (χ0v) is 16.2. The van der Waals surface area contributed by atoms with Gasteiger partial charge >= 0.3 is 5.97 Å². The number of benzene rings is 1. The van der Waals surface area contributed by atoms with E-state index in [9.17, 15) is 14.9 Å². The third-order valence-electron chi connectivity index (χ3n) is 4.62. The Morgan fingerprint density at radius 1 is 1.41 bits per heavy atom. The largest absolute Gasteiger partial charge is 0.465 e. The molecule has 0 spiro atoms. The van der Waals surface area contributed by atoms with Crippen molar-refractivity contribution in [3.05, 3.63) is 40.0 Å². The Kier molecular flexibility index (Phi) is 5.46. The number of carbonyl (C=O) groups is 2. The number of nitrogens with one attached hydrogen (secondary N) is 1. The summed E-state index contributed by atoms with van der Waals surface area (Å²) in [6.07, 6.45) is 4.18. The van der Waals surface area contributed by atoms with Crippen LogP contribution in [0.4, 0.5) is 11.5 Å². The van der Waals surface area contributed by atoms with Crippen LogP contribution in [0.5, 0.6) is 0 Å². The van der Waals surface area contributed by atoms with Crippen molar-refractivity contribution in [1.29, 1.82) is 5.26 Å². The van der Waals surface area contributed by atoms with Gasteiger partial charge in [0.1, 0.15) is 5.56 Å². The number of anilines is 2. The lowest BCUT2D eigenvalue weighted by Gasteiger charge is -2.13. The minimum absolute atomic E-state index is 0.0721. The maximum atomic E-state index is 11.8. The first-order valence-electron chi connectivity index (χ1n) is 8.38. The zero-order chi connectivity index (χ0) is 19.6. The van der Waals surface area contributed by atoms with Crippen LogP contribution in [-0.2, 0) is 4.74 Å². The standard InChI is InChI=1S/C18H18BrN5O3/c1-27-18(26)12-6-5-11(7-14(12)19)22-17-13(16(21)25)9-24(23-17)15-4-2-3-10(15)8-20/h5-7,9-10,15H,2-4H2,1H3,(H2,21,25)(H,22,23)/t10-,15+/m0/s1. The Labute approximate surface area is 164 Å². The smallest absolute Gasteiger partial charge is 0.339 e. The number of aromatic nitrogens is 2. The first kappa shape index (κ1) is 18.9. The second kappa shape index (κ2) is 7.80. The molecule has 1 aromatic heterocycles. The summed E-state index contributed by atoms with van der Waals surface area (Å²) in [6, 6.07) is 7.19. The van der Waals surface area contributed by atoms with Gasteiger partial charge in [-0.3, -0.25) is 9.48 Å². The van der Waals surface area contributed by atoms with Gasteiger partial charge in [-0.15, -0.1) is 0 Å². The van der Waals surface area contributed by atoms with Crippen LogP contribution in [-0.4, -0.2) is 28.8 Å². The van der Waals surface area contributed by atoms with E-state index in [1.54, 1.807) is 29.1 Å². The molecule has 8 nitrogen and oxygen atoms in total. The lowest BCUT2D eigenvalue weighted by atomic mass is 10.1. The van der Waals surface area contributed by atoms with Crippen LogP contribution in [0.2, 0.25) is 0 Å². The van der Waals surface area contributed by atoms with Gasteiger partial charge in [-0.05, 0) is 53.4 Å². The monoisotopic (exact) mass is 431 g/mol. The van der Waals surface area contributed by atoms with Gasteiger partial charge in [0.2, 0.25) is 0 Å². The number of primary amides is 1. The average Bonchev–Trinajstić information content (AvgIpc) is 3.27. The average molecular weight is 432 g/mol. The molecule has 140 valence electrons. The highest BCUT2D eigenvalue weighted by atomic mass is 79.9. The second-order valence-corrected chi connectivity index (χ2v) is 7.14. The number of esters is 1. The minimum atomic E-state index is -0.611. The Morgan fingerprint density at radius 2 is 2.19 bits per heavy atom. The predicted octanol–water partition coefficient (Wildman–Crippen LogP) is 3.14. The lowest BCUT2D eigenvalue weighted by Crippen LogP contribution is -2.14. The molecule has 0 aliphatic heterocycles. The van der Waals surface area contributed by atoms with Crippen LogP contribution in [0, 0.1) is 17.2 Å². The van der Waals surface area contributed by atoms with E-state index in [0.717, 1.165) is 19.3 Å². The topological polar surface area (TPSA) is 123 Å². The minimum Gasteiger partial charge on any atom is -0.465 e. The highest BCUT2D eigenvalue weighted by Gasteiger charge is 2.30. The number of amides is 1. The van der Waals surface area contributed by atoms with Gasteiger partial charge in [0.05, 0.1) is 30.7 Å². The van der Waals surface area contributed by atoms with Crippen molar-refractivity contribution in [1.82, 2.24) is 9.78 Å². The number of methoxy groups -OCH3 is 1. The van der Waals surface area contributed by atoms with E-state index in [-0.39, 0.29) is 17.5 Å². The summed E-state index contributed by atoms with van der Waals surface area (Å²) < 4.78 is 6.91. The fraction of sp³-hybridized carbons (Fsp3) is 0.333. The molecule has 27 heavy (non-hydrogen) atoms. The third-order valence-corrected chi connectivity index (χ3v) is 5.28. The van der Waals surface area contributed by atoms with Gasteiger partial charge in [-0.2, -0.15) is 10.4 Å². The molecule has 0 bridgehead atoms. The number of nitrogens with zero attached hydrogens (tertiary/aromatic N) is 3. The first-order chi connectivity index (χ1) is 12.9. The maximum Gasteiger partial charge on any atom is 0.339 e. The Balaban J connectivity index is 1.90. The normalized spacial score (nSPS) is 18.7. The molecule has 0 unspecified atom stereocenters. The van der Waals surface area contributed by atoms with Gasteiger partial charge < -0.3 is 15.8 Å². The molecular formula is C18H18BrN5O3. The van der Waals surface area contributed by atoms with Crippen molar-refractivity contribution in [3.63, 3.8) is 0 Å². The lowest BCUT2D eigenvalue weighted by molar-refractivity contribution is 0.0599. The molecule has 3 rings (SSSR count). The third kappa shape index (κ3) is 3.80. The highest BCUT2D eigenvalue weighted by molar-refractivity contribution is 9.10. The molecule has 1 amide bonds. The van der Waals surface area contributed by atoms with Crippen LogP contribution in [0.1, 0.15) is 46.0 Å². The van der Waals surface area contributed by atoms with E-state index in [1.165, 1.54) is 7.11 Å². The molecule has 1 saturated carbocycles. The molecule has 0 radical (unpaired) electrons. The van der Waals surface area contributed by atoms with E-state index < -0.39 is 11.9 Å². The van der Waals surface area contributed by atoms with E-state index in [2.05, 4.69) is 32.4 Å².